The van der Waals surface area contributed by atoms with Gasteiger partial charge in [-0.15, -0.1) is 11.8 Å². The number of non-ortho nitro benzene ring substituents is 1. The van der Waals surface area contributed by atoms with Crippen molar-refractivity contribution in [3.05, 3.63) is 107 Å². The standard InChI is InChI=1S/C31H24Cl4N4O4S/c1-37-12-17(8-16-2-3-18(32)9-23(16)34)28(40)30(14-37)27(21-6-4-19(33)10-24(21)35)26-13-44-15-38(26)31(30)22-11-20(39(42)43)5-7-25(22)36-29(31)41/h2-11,26-27H,12-15H2,1H3,(H,36,41)/b17-8+/t26-,27+,30-,31-/m0/s1. The summed E-state index contributed by atoms with van der Waals surface area (Å²) in [6, 6.07) is 14.4. The normalized spacial score (nSPS) is 29.1. The molecule has 4 heterocycles. The van der Waals surface area contributed by atoms with Gasteiger partial charge in [-0.1, -0.05) is 58.5 Å². The Hall–Kier alpha value is -2.63. The van der Waals surface area contributed by atoms with Crippen molar-refractivity contribution in [3.8, 4) is 0 Å². The van der Waals surface area contributed by atoms with Gasteiger partial charge in [-0.3, -0.25) is 24.6 Å². The Kier molecular flexibility index (Phi) is 7.33. The fraction of sp³-hybridized carbons (Fsp3) is 0.290. The Morgan fingerprint density at radius 2 is 1.75 bits per heavy atom. The third-order valence-electron chi connectivity index (χ3n) is 9.34. The summed E-state index contributed by atoms with van der Waals surface area (Å²) in [5, 5.41) is 16.7. The molecule has 4 atom stereocenters. The van der Waals surface area contributed by atoms with Crippen LogP contribution < -0.4 is 5.32 Å². The number of halogens is 4. The van der Waals surface area contributed by atoms with Gasteiger partial charge >= 0.3 is 0 Å². The molecule has 13 heteroatoms. The Morgan fingerprint density at radius 1 is 1.02 bits per heavy atom. The first-order chi connectivity index (χ1) is 21.0. The quantitative estimate of drug-likeness (QED) is 0.178. The lowest BCUT2D eigenvalue weighted by atomic mass is 9.55. The topological polar surface area (TPSA) is 95.8 Å². The van der Waals surface area contributed by atoms with E-state index in [0.29, 0.717) is 66.2 Å². The minimum Gasteiger partial charge on any atom is -0.324 e. The molecule has 1 N–H and O–H groups in total. The van der Waals surface area contributed by atoms with Gasteiger partial charge in [0, 0.05) is 85.7 Å². The van der Waals surface area contributed by atoms with Gasteiger partial charge in [-0.2, -0.15) is 0 Å². The number of fused-ring (bicyclic) bond motifs is 5. The molecule has 0 saturated carbocycles. The number of carbonyl (C=O) groups is 2. The second kappa shape index (κ2) is 10.7. The van der Waals surface area contributed by atoms with Crippen molar-refractivity contribution in [1.29, 1.82) is 0 Å². The molecule has 226 valence electrons. The van der Waals surface area contributed by atoms with Crippen LogP contribution in [0.25, 0.3) is 6.08 Å². The number of hydrogen-bond donors (Lipinski definition) is 1. The lowest BCUT2D eigenvalue weighted by Gasteiger charge is -2.51. The van der Waals surface area contributed by atoms with Crippen LogP contribution in [0.15, 0.2) is 60.2 Å². The maximum Gasteiger partial charge on any atom is 0.269 e. The van der Waals surface area contributed by atoms with E-state index in [2.05, 4.69) is 10.2 Å². The van der Waals surface area contributed by atoms with Gasteiger partial charge in [0.25, 0.3) is 11.6 Å². The first-order valence-corrected chi connectivity index (χ1v) is 16.4. The molecule has 8 nitrogen and oxygen atoms in total. The number of hydrogen-bond acceptors (Lipinski definition) is 7. The summed E-state index contributed by atoms with van der Waals surface area (Å²) in [7, 11) is 1.90. The summed E-state index contributed by atoms with van der Waals surface area (Å²) in [5.41, 5.74) is -0.520. The zero-order valence-electron chi connectivity index (χ0n) is 23.2. The maximum atomic E-state index is 15.4. The molecule has 2 spiro atoms. The third-order valence-corrected chi connectivity index (χ3v) is 11.5. The maximum absolute atomic E-state index is 15.4. The Morgan fingerprint density at radius 3 is 2.45 bits per heavy atom. The smallest absolute Gasteiger partial charge is 0.269 e. The average molecular weight is 690 g/mol. The molecular weight excluding hydrogens is 666 g/mol. The number of amides is 1. The van der Waals surface area contributed by atoms with Crippen LogP contribution in [0.1, 0.15) is 22.6 Å². The number of piperidine rings is 1. The largest absolute Gasteiger partial charge is 0.324 e. The number of nitrogens with one attached hydrogen (secondary N) is 1. The minimum atomic E-state index is -1.56. The van der Waals surface area contributed by atoms with E-state index in [1.165, 1.54) is 12.1 Å². The van der Waals surface area contributed by atoms with Crippen molar-refractivity contribution in [3.63, 3.8) is 0 Å². The molecule has 3 aromatic carbocycles. The van der Waals surface area contributed by atoms with Crippen molar-refractivity contribution in [1.82, 2.24) is 9.80 Å². The third kappa shape index (κ3) is 4.14. The first kappa shape index (κ1) is 30.0. The van der Waals surface area contributed by atoms with Crippen LogP contribution in [0.2, 0.25) is 20.1 Å². The number of thioether (sulfide) groups is 1. The molecule has 0 aromatic heterocycles. The van der Waals surface area contributed by atoms with E-state index in [1.807, 2.05) is 18.0 Å². The number of benzene rings is 3. The van der Waals surface area contributed by atoms with E-state index < -0.39 is 21.8 Å². The van der Waals surface area contributed by atoms with Gasteiger partial charge < -0.3 is 10.2 Å². The van der Waals surface area contributed by atoms with E-state index in [9.17, 15) is 14.9 Å². The molecule has 3 aromatic rings. The van der Waals surface area contributed by atoms with Gasteiger partial charge in [-0.25, -0.2) is 0 Å². The minimum absolute atomic E-state index is 0.161. The molecule has 0 aliphatic carbocycles. The number of ketones is 1. The number of Topliss-reactive ketones (excluding diaryl/α,β-unsaturated/α-hetero) is 1. The molecule has 1 amide bonds. The van der Waals surface area contributed by atoms with E-state index in [0.717, 1.165) is 0 Å². The molecule has 0 bridgehead atoms. The lowest BCUT2D eigenvalue weighted by molar-refractivity contribution is -0.385. The molecule has 3 fully saturated rings. The number of nitro groups is 1. The van der Waals surface area contributed by atoms with E-state index in [-0.39, 0.29) is 30.0 Å². The zero-order valence-corrected chi connectivity index (χ0v) is 27.0. The van der Waals surface area contributed by atoms with Gasteiger partial charge in [0.1, 0.15) is 5.54 Å². The molecule has 44 heavy (non-hydrogen) atoms. The van der Waals surface area contributed by atoms with Crippen molar-refractivity contribution in [2.24, 2.45) is 5.41 Å². The number of nitrogens with zero attached hydrogens (tertiary/aromatic N) is 3. The molecule has 4 aliphatic heterocycles. The number of likely N-dealkylation sites (N-methyl/N-ethyl adjacent to an activating group) is 1. The van der Waals surface area contributed by atoms with Crippen LogP contribution in [0.3, 0.4) is 0 Å². The zero-order chi connectivity index (χ0) is 31.1. The number of anilines is 1. The van der Waals surface area contributed by atoms with Gasteiger partial charge in [0.2, 0.25) is 0 Å². The number of likely N-dealkylation sites (tertiary alicyclic amines) is 1. The van der Waals surface area contributed by atoms with Crippen molar-refractivity contribution < 1.29 is 14.5 Å². The SMILES string of the molecule is CN1C/C(=C\c2ccc(Cl)cc2Cl)C(=O)[C@]2(C1)[C@H](c1ccc(Cl)cc1Cl)[C@@H]1CSCN1[C@@]21C(=O)Nc2ccc([N+](=O)[O-])cc21. The number of carbonyl (C=O) groups excluding carboxylic acids is 2. The molecular formula is C31H24Cl4N4O4S. The van der Waals surface area contributed by atoms with Gasteiger partial charge in [0.15, 0.2) is 5.78 Å². The Labute approximate surface area is 277 Å². The van der Waals surface area contributed by atoms with Crippen molar-refractivity contribution in [2.75, 3.05) is 37.1 Å². The second-order valence-electron chi connectivity index (χ2n) is 11.6. The first-order valence-electron chi connectivity index (χ1n) is 13.8. The van der Waals surface area contributed by atoms with Crippen LogP contribution in [-0.4, -0.2) is 64.2 Å². The molecule has 7 rings (SSSR count). The summed E-state index contributed by atoms with van der Waals surface area (Å²) < 4.78 is 0. The highest BCUT2D eigenvalue weighted by Crippen LogP contribution is 2.69. The number of rotatable bonds is 3. The molecule has 0 radical (unpaired) electrons. The Bertz CT molecular complexity index is 1820. The van der Waals surface area contributed by atoms with Crippen molar-refractivity contribution >= 4 is 87.3 Å². The summed E-state index contributed by atoms with van der Waals surface area (Å²) >= 11 is 27.6. The highest BCUT2D eigenvalue weighted by atomic mass is 35.5. The highest BCUT2D eigenvalue weighted by molar-refractivity contribution is 7.99. The predicted molar refractivity (Wildman–Crippen MR) is 175 cm³/mol. The van der Waals surface area contributed by atoms with Crippen LogP contribution in [0.5, 0.6) is 0 Å². The average Bonchev–Trinajstić information content (AvgIpc) is 3.61. The van der Waals surface area contributed by atoms with Gasteiger partial charge in [0.05, 0.1) is 10.3 Å². The summed E-state index contributed by atoms with van der Waals surface area (Å²) in [6.45, 7) is 0.508. The Balaban J connectivity index is 1.56. The van der Waals surface area contributed by atoms with E-state index in [4.69, 9.17) is 46.4 Å². The summed E-state index contributed by atoms with van der Waals surface area (Å²) in [4.78, 5) is 45.7. The second-order valence-corrected chi connectivity index (χ2v) is 14.3. The molecule has 4 aliphatic rings. The van der Waals surface area contributed by atoms with Crippen molar-refractivity contribution in [2.45, 2.75) is 17.5 Å². The van der Waals surface area contributed by atoms with Crippen LogP contribution >= 0.6 is 58.2 Å². The van der Waals surface area contributed by atoms with E-state index in [1.54, 1.807) is 54.2 Å². The lowest BCUT2D eigenvalue weighted by Crippen LogP contribution is -2.65. The highest BCUT2D eigenvalue weighted by Gasteiger charge is 2.79. The fourth-order valence-electron chi connectivity index (χ4n) is 7.87. The van der Waals surface area contributed by atoms with E-state index >= 15 is 4.79 Å². The van der Waals surface area contributed by atoms with Crippen LogP contribution in [0.4, 0.5) is 11.4 Å². The monoisotopic (exact) mass is 688 g/mol. The summed E-state index contributed by atoms with van der Waals surface area (Å²) in [6.07, 6.45) is 1.76. The fourth-order valence-corrected chi connectivity index (χ4v) is 10.2. The number of nitro benzene ring substituents is 1. The molecule has 0 unspecified atom stereocenters. The van der Waals surface area contributed by atoms with Crippen LogP contribution in [-0.2, 0) is 15.1 Å². The van der Waals surface area contributed by atoms with Gasteiger partial charge in [-0.05, 0) is 54.6 Å². The molecule has 3 saturated heterocycles. The summed E-state index contributed by atoms with van der Waals surface area (Å²) in [5.74, 6) is -0.100. The predicted octanol–water partition coefficient (Wildman–Crippen LogP) is 7.11. The van der Waals surface area contributed by atoms with Crippen LogP contribution in [0, 0.1) is 15.5 Å².